The summed E-state index contributed by atoms with van der Waals surface area (Å²) >= 11 is 0. The van der Waals surface area contributed by atoms with E-state index in [0.717, 1.165) is 22.6 Å². The topological polar surface area (TPSA) is 126 Å². The van der Waals surface area contributed by atoms with Gasteiger partial charge in [0.2, 0.25) is 5.88 Å². The molecule has 1 N–H and O–H groups in total. The zero-order valence-electron chi connectivity index (χ0n) is 19.2. The fourth-order valence-electron chi connectivity index (χ4n) is 3.28. The lowest BCUT2D eigenvalue weighted by molar-refractivity contribution is -0.140. The monoisotopic (exact) mass is 454 g/mol. The van der Waals surface area contributed by atoms with Crippen LogP contribution in [0.3, 0.4) is 0 Å². The van der Waals surface area contributed by atoms with Gasteiger partial charge in [0.15, 0.2) is 6.10 Å². The molecule has 2 aromatic heterocycles. The van der Waals surface area contributed by atoms with E-state index in [9.17, 15) is 14.4 Å². The van der Waals surface area contributed by atoms with Gasteiger partial charge in [-0.2, -0.15) is 5.10 Å². The van der Waals surface area contributed by atoms with Gasteiger partial charge in [-0.3, -0.25) is 14.9 Å². The van der Waals surface area contributed by atoms with Crippen LogP contribution < -0.4 is 5.32 Å². The molecule has 10 nitrogen and oxygen atoms in total. The highest BCUT2D eigenvalue weighted by Crippen LogP contribution is 2.20. The SMILES string of the molecule is COC(=O)CCc1c(C)nn(-c2ccc(C(=O)OC(C)C(=O)Nc3cc(C)no3)cc2)c1C. The number of methoxy groups -OCH3 is 1. The summed E-state index contributed by atoms with van der Waals surface area (Å²) in [6.07, 6.45) is -0.227. The van der Waals surface area contributed by atoms with Gasteiger partial charge >= 0.3 is 11.9 Å². The molecule has 33 heavy (non-hydrogen) atoms. The third-order valence-electron chi connectivity index (χ3n) is 5.12. The fraction of sp³-hybridized carbons (Fsp3) is 0.348. The number of anilines is 1. The Balaban J connectivity index is 1.65. The van der Waals surface area contributed by atoms with Crippen molar-refractivity contribution >= 4 is 23.7 Å². The number of amides is 1. The molecule has 1 amide bonds. The molecule has 1 aromatic carbocycles. The maximum absolute atomic E-state index is 12.5. The van der Waals surface area contributed by atoms with Crippen LogP contribution in [0, 0.1) is 20.8 Å². The summed E-state index contributed by atoms with van der Waals surface area (Å²) in [6.45, 7) is 7.00. The highest BCUT2D eigenvalue weighted by Gasteiger charge is 2.21. The molecule has 3 aromatic rings. The molecule has 0 saturated carbocycles. The van der Waals surface area contributed by atoms with Crippen LogP contribution in [0.15, 0.2) is 34.9 Å². The van der Waals surface area contributed by atoms with E-state index in [1.54, 1.807) is 41.9 Å². The maximum Gasteiger partial charge on any atom is 0.338 e. The Hall–Kier alpha value is -3.95. The van der Waals surface area contributed by atoms with Crippen LogP contribution in [0.25, 0.3) is 5.69 Å². The summed E-state index contributed by atoms with van der Waals surface area (Å²) in [6, 6.07) is 8.24. The maximum atomic E-state index is 12.5. The van der Waals surface area contributed by atoms with Crippen LogP contribution in [0.5, 0.6) is 0 Å². The lowest BCUT2D eigenvalue weighted by Crippen LogP contribution is -2.29. The van der Waals surface area contributed by atoms with Gasteiger partial charge in [-0.05, 0) is 63.9 Å². The van der Waals surface area contributed by atoms with Crippen LogP contribution in [0.2, 0.25) is 0 Å². The van der Waals surface area contributed by atoms with E-state index >= 15 is 0 Å². The first kappa shape index (κ1) is 23.7. The van der Waals surface area contributed by atoms with E-state index in [2.05, 4.69) is 15.6 Å². The Morgan fingerprint density at radius 1 is 1.15 bits per heavy atom. The number of nitrogens with one attached hydrogen (secondary N) is 1. The summed E-state index contributed by atoms with van der Waals surface area (Å²) in [5, 5.41) is 10.7. The van der Waals surface area contributed by atoms with E-state index in [4.69, 9.17) is 14.0 Å². The van der Waals surface area contributed by atoms with Crippen LogP contribution in [-0.4, -0.2) is 46.0 Å². The number of carbonyl (C=O) groups excluding carboxylic acids is 3. The van der Waals surface area contributed by atoms with E-state index in [1.165, 1.54) is 14.0 Å². The van der Waals surface area contributed by atoms with Gasteiger partial charge in [-0.25, -0.2) is 9.48 Å². The molecule has 0 radical (unpaired) electrons. The van der Waals surface area contributed by atoms with Gasteiger partial charge in [0.05, 0.1) is 29.7 Å². The van der Waals surface area contributed by atoms with Crippen LogP contribution in [0.1, 0.15) is 46.3 Å². The quantitative estimate of drug-likeness (QED) is 0.515. The van der Waals surface area contributed by atoms with E-state index < -0.39 is 18.0 Å². The van der Waals surface area contributed by atoms with Gasteiger partial charge in [0, 0.05) is 18.2 Å². The molecule has 1 unspecified atom stereocenters. The first-order chi connectivity index (χ1) is 15.7. The Bertz CT molecular complexity index is 1160. The third kappa shape index (κ3) is 5.65. The van der Waals surface area contributed by atoms with Gasteiger partial charge in [-0.1, -0.05) is 5.16 Å². The Kier molecular flexibility index (Phi) is 7.27. The smallest absolute Gasteiger partial charge is 0.338 e. The van der Waals surface area contributed by atoms with Crippen molar-refractivity contribution in [2.75, 3.05) is 12.4 Å². The lowest BCUT2D eigenvalue weighted by atomic mass is 10.1. The predicted octanol–water partition coefficient (Wildman–Crippen LogP) is 3.08. The van der Waals surface area contributed by atoms with Gasteiger partial charge in [0.25, 0.3) is 5.91 Å². The minimum absolute atomic E-state index is 0.181. The molecular formula is C23H26N4O6. The Morgan fingerprint density at radius 2 is 1.85 bits per heavy atom. The van der Waals surface area contributed by atoms with Gasteiger partial charge < -0.3 is 14.0 Å². The standard InChI is InChI=1S/C23H26N4O6/c1-13-12-20(33-26-13)24-22(29)16(4)32-23(30)17-6-8-18(9-7-17)27-15(3)19(14(2)25-27)10-11-21(28)31-5/h6-9,12,16H,10-11H2,1-5H3,(H,24,29). The average molecular weight is 454 g/mol. The van der Waals surface area contributed by atoms with E-state index in [-0.39, 0.29) is 18.3 Å². The number of nitrogens with zero attached hydrogens (tertiary/aromatic N) is 3. The molecule has 0 fully saturated rings. The summed E-state index contributed by atoms with van der Waals surface area (Å²) in [4.78, 5) is 36.1. The Labute approximate surface area is 190 Å². The van der Waals surface area contributed by atoms with Crippen molar-refractivity contribution in [2.24, 2.45) is 0 Å². The fourth-order valence-corrected chi connectivity index (χ4v) is 3.28. The molecule has 1 atom stereocenters. The number of hydrogen-bond acceptors (Lipinski definition) is 8. The molecule has 2 heterocycles. The first-order valence-corrected chi connectivity index (χ1v) is 10.4. The predicted molar refractivity (Wildman–Crippen MR) is 118 cm³/mol. The largest absolute Gasteiger partial charge is 0.469 e. The number of aryl methyl sites for hydroxylation is 2. The molecule has 0 aliphatic heterocycles. The number of aromatic nitrogens is 3. The summed E-state index contributed by atoms with van der Waals surface area (Å²) < 4.78 is 16.6. The minimum Gasteiger partial charge on any atom is -0.469 e. The van der Waals surface area contributed by atoms with Crippen molar-refractivity contribution in [1.82, 2.24) is 14.9 Å². The van der Waals surface area contributed by atoms with Crippen molar-refractivity contribution < 1.29 is 28.4 Å². The molecule has 0 bridgehead atoms. The molecular weight excluding hydrogens is 428 g/mol. The van der Waals surface area contributed by atoms with Crippen molar-refractivity contribution in [1.29, 1.82) is 0 Å². The van der Waals surface area contributed by atoms with E-state index in [0.29, 0.717) is 17.7 Å². The summed E-state index contributed by atoms with van der Waals surface area (Å²) in [5.74, 6) is -1.26. The van der Waals surface area contributed by atoms with Crippen molar-refractivity contribution in [3.8, 4) is 5.69 Å². The minimum atomic E-state index is -1.03. The second-order valence-electron chi connectivity index (χ2n) is 7.55. The highest BCUT2D eigenvalue weighted by atomic mass is 16.5. The number of carbonyl (C=O) groups is 3. The van der Waals surface area contributed by atoms with Gasteiger partial charge in [-0.15, -0.1) is 0 Å². The third-order valence-corrected chi connectivity index (χ3v) is 5.12. The molecule has 0 spiro atoms. The normalized spacial score (nSPS) is 11.7. The highest BCUT2D eigenvalue weighted by molar-refractivity contribution is 5.96. The van der Waals surface area contributed by atoms with Crippen molar-refractivity contribution in [3.05, 3.63) is 58.5 Å². The molecule has 174 valence electrons. The second-order valence-corrected chi connectivity index (χ2v) is 7.55. The van der Waals surface area contributed by atoms with Crippen LogP contribution >= 0.6 is 0 Å². The van der Waals surface area contributed by atoms with Crippen LogP contribution in [0.4, 0.5) is 5.88 Å². The average Bonchev–Trinajstić information content (AvgIpc) is 3.33. The summed E-state index contributed by atoms with van der Waals surface area (Å²) in [7, 11) is 1.36. The molecule has 0 saturated heterocycles. The van der Waals surface area contributed by atoms with Crippen molar-refractivity contribution in [2.45, 2.75) is 46.6 Å². The number of hydrogen-bond donors (Lipinski definition) is 1. The van der Waals surface area contributed by atoms with E-state index in [1.807, 2.05) is 13.8 Å². The molecule has 10 heteroatoms. The zero-order chi connectivity index (χ0) is 24.1. The van der Waals surface area contributed by atoms with Crippen LogP contribution in [-0.2, 0) is 25.5 Å². The molecule has 0 aliphatic carbocycles. The summed E-state index contributed by atoms with van der Waals surface area (Å²) in [5.41, 5.74) is 4.37. The lowest BCUT2D eigenvalue weighted by Gasteiger charge is -2.12. The Morgan fingerprint density at radius 3 is 2.45 bits per heavy atom. The number of rotatable bonds is 8. The first-order valence-electron chi connectivity index (χ1n) is 10.4. The number of esters is 2. The number of ether oxygens (including phenoxy) is 2. The molecule has 0 aliphatic rings. The van der Waals surface area contributed by atoms with Crippen molar-refractivity contribution in [3.63, 3.8) is 0 Å². The number of benzene rings is 1. The molecule has 3 rings (SSSR count). The second kappa shape index (κ2) is 10.1. The van der Waals surface area contributed by atoms with Gasteiger partial charge in [0.1, 0.15) is 0 Å². The zero-order valence-corrected chi connectivity index (χ0v) is 19.2.